The average Bonchev–Trinajstić information content (AvgIpc) is 3.73. The van der Waals surface area contributed by atoms with Gasteiger partial charge in [0.1, 0.15) is 17.1 Å². The monoisotopic (exact) mass is 591 g/mol. The lowest BCUT2D eigenvalue weighted by molar-refractivity contribution is 0.101. The molecule has 0 spiro atoms. The maximum Gasteiger partial charge on any atom is 0.324 e. The van der Waals surface area contributed by atoms with Gasteiger partial charge in [-0.15, -0.1) is 0 Å². The van der Waals surface area contributed by atoms with E-state index in [-0.39, 0.29) is 22.7 Å². The quantitative estimate of drug-likeness (QED) is 0.135. The van der Waals surface area contributed by atoms with Gasteiger partial charge in [0, 0.05) is 52.1 Å². The Labute approximate surface area is 253 Å². The first-order chi connectivity index (χ1) is 21.0. The van der Waals surface area contributed by atoms with Crippen molar-refractivity contribution in [3.05, 3.63) is 107 Å². The van der Waals surface area contributed by atoms with Crippen LogP contribution in [-0.4, -0.2) is 39.0 Å². The van der Waals surface area contributed by atoms with Crippen molar-refractivity contribution in [1.82, 2.24) is 15.0 Å². The van der Waals surface area contributed by atoms with Gasteiger partial charge in [-0.05, 0) is 55.1 Å². The predicted octanol–water partition coefficient (Wildman–Crippen LogP) is 7.41. The van der Waals surface area contributed by atoms with Gasteiger partial charge in [0.15, 0.2) is 11.6 Å². The molecule has 0 bridgehead atoms. The molecule has 0 aliphatic carbocycles. The number of amides is 2. The number of aromatic amines is 1. The lowest BCUT2D eigenvalue weighted by Crippen LogP contribution is -2.19. The average molecular weight is 592 g/mol. The Morgan fingerprint density at radius 3 is 2.50 bits per heavy atom. The molecular formula is C34H33N5O5. The SMILES string of the molecule is CN(Cc1ccccc1)Cc1c(O)ccc2[nH]c(C(=O)c3cc4cc(NC(=O)Nc5cc(C(C)(C)C)on5)ccc4o3)cc12. The van der Waals surface area contributed by atoms with Crippen molar-refractivity contribution in [2.45, 2.75) is 39.3 Å². The van der Waals surface area contributed by atoms with E-state index in [9.17, 15) is 14.7 Å². The number of hydrogen-bond acceptors (Lipinski definition) is 7. The standard InChI is InChI=1S/C34H33N5O5/c1-34(2,3)30-17-31(38-44-30)37-33(42)35-22-10-13-28-21(14-22)15-29(43-28)32(41)26-16-23-24(27(40)12-11-25(23)36-26)19-39(4)18-20-8-6-5-7-9-20/h5-17,36,40H,18-19H2,1-4H3,(H2,35,37,38,42). The molecule has 3 aromatic carbocycles. The molecule has 0 aliphatic heterocycles. The predicted molar refractivity (Wildman–Crippen MR) is 169 cm³/mol. The normalized spacial score (nSPS) is 11.8. The Kier molecular flexibility index (Phi) is 7.44. The number of hydrogen-bond donors (Lipinski definition) is 4. The number of nitrogens with zero attached hydrogens (tertiary/aromatic N) is 2. The molecule has 6 aromatic rings. The number of nitrogens with one attached hydrogen (secondary N) is 3. The molecule has 3 heterocycles. The van der Waals surface area contributed by atoms with E-state index >= 15 is 0 Å². The maximum atomic E-state index is 13.5. The number of H-pyrrole nitrogens is 1. The Bertz CT molecular complexity index is 1980. The molecule has 0 fully saturated rings. The van der Waals surface area contributed by atoms with E-state index in [1.54, 1.807) is 48.5 Å². The fourth-order valence-electron chi connectivity index (χ4n) is 5.09. The van der Waals surface area contributed by atoms with Crippen LogP contribution in [0.3, 0.4) is 0 Å². The molecule has 2 amide bonds. The van der Waals surface area contributed by atoms with Gasteiger partial charge in [0.2, 0.25) is 5.78 Å². The zero-order valence-electron chi connectivity index (χ0n) is 24.9. The number of furan rings is 1. The Balaban J connectivity index is 1.18. The van der Waals surface area contributed by atoms with E-state index in [0.717, 1.165) is 16.5 Å². The van der Waals surface area contributed by atoms with Crippen molar-refractivity contribution in [2.75, 3.05) is 17.7 Å². The van der Waals surface area contributed by atoms with Crippen LogP contribution in [0.1, 0.15) is 53.9 Å². The summed E-state index contributed by atoms with van der Waals surface area (Å²) in [4.78, 5) is 31.3. The molecule has 0 radical (unpaired) electrons. The number of aromatic nitrogens is 2. The Morgan fingerprint density at radius 1 is 0.955 bits per heavy atom. The van der Waals surface area contributed by atoms with Crippen LogP contribution < -0.4 is 10.6 Å². The molecule has 6 rings (SSSR count). The summed E-state index contributed by atoms with van der Waals surface area (Å²) in [5.41, 5.74) is 3.76. The van der Waals surface area contributed by atoms with E-state index in [4.69, 9.17) is 8.94 Å². The maximum absolute atomic E-state index is 13.5. The second-order valence-electron chi connectivity index (χ2n) is 12.0. The zero-order chi connectivity index (χ0) is 31.0. The summed E-state index contributed by atoms with van der Waals surface area (Å²) in [6, 6.07) is 23.2. The van der Waals surface area contributed by atoms with Gasteiger partial charge in [0.05, 0.1) is 5.69 Å². The molecule has 0 saturated carbocycles. The number of anilines is 2. The summed E-state index contributed by atoms with van der Waals surface area (Å²) in [5, 5.41) is 21.5. The number of carbonyl (C=O) groups excluding carboxylic acids is 2. The summed E-state index contributed by atoms with van der Waals surface area (Å²) < 4.78 is 11.2. The molecule has 10 nitrogen and oxygen atoms in total. The van der Waals surface area contributed by atoms with Crippen LogP contribution in [0.25, 0.3) is 21.9 Å². The zero-order valence-corrected chi connectivity index (χ0v) is 24.9. The van der Waals surface area contributed by atoms with Gasteiger partial charge < -0.3 is 24.3 Å². The first-order valence-corrected chi connectivity index (χ1v) is 14.2. The van der Waals surface area contributed by atoms with Gasteiger partial charge in [0.25, 0.3) is 0 Å². The van der Waals surface area contributed by atoms with Crippen LogP contribution >= 0.6 is 0 Å². The fraction of sp³-hybridized carbons (Fsp3) is 0.206. The fourth-order valence-corrected chi connectivity index (χ4v) is 5.09. The summed E-state index contributed by atoms with van der Waals surface area (Å²) >= 11 is 0. The minimum absolute atomic E-state index is 0.150. The number of aromatic hydroxyl groups is 1. The summed E-state index contributed by atoms with van der Waals surface area (Å²) in [5.74, 6) is 0.956. The van der Waals surface area contributed by atoms with Crippen molar-refractivity contribution in [2.24, 2.45) is 0 Å². The lowest BCUT2D eigenvalue weighted by Gasteiger charge is -2.18. The molecule has 0 aliphatic rings. The summed E-state index contributed by atoms with van der Waals surface area (Å²) in [7, 11) is 1.99. The summed E-state index contributed by atoms with van der Waals surface area (Å²) in [6.07, 6.45) is 0. The molecule has 3 aromatic heterocycles. The molecule has 10 heteroatoms. The first kappa shape index (κ1) is 28.8. The minimum atomic E-state index is -0.482. The number of urea groups is 1. The van der Waals surface area contributed by atoms with Gasteiger partial charge in [-0.1, -0.05) is 56.3 Å². The Hall–Kier alpha value is -5.35. The van der Waals surface area contributed by atoms with Crippen LogP contribution in [0.15, 0.2) is 87.8 Å². The molecule has 224 valence electrons. The third kappa shape index (κ3) is 6.06. The second kappa shape index (κ2) is 11.4. The van der Waals surface area contributed by atoms with E-state index < -0.39 is 6.03 Å². The van der Waals surface area contributed by atoms with Gasteiger partial charge >= 0.3 is 6.03 Å². The highest BCUT2D eigenvalue weighted by Gasteiger charge is 2.22. The van der Waals surface area contributed by atoms with Crippen molar-refractivity contribution in [3.8, 4) is 5.75 Å². The highest BCUT2D eigenvalue weighted by Crippen LogP contribution is 2.31. The molecule has 0 unspecified atom stereocenters. The van der Waals surface area contributed by atoms with Crippen LogP contribution in [0.2, 0.25) is 0 Å². The third-order valence-corrected chi connectivity index (χ3v) is 7.35. The van der Waals surface area contributed by atoms with Crippen LogP contribution in [0.4, 0.5) is 16.3 Å². The highest BCUT2D eigenvalue weighted by atomic mass is 16.5. The number of rotatable bonds is 8. The van der Waals surface area contributed by atoms with E-state index in [1.807, 2.05) is 46.0 Å². The van der Waals surface area contributed by atoms with Gasteiger partial charge in [-0.3, -0.25) is 15.0 Å². The number of fused-ring (bicyclic) bond motifs is 2. The number of carbonyl (C=O) groups is 2. The van der Waals surface area contributed by atoms with Crippen molar-refractivity contribution in [3.63, 3.8) is 0 Å². The van der Waals surface area contributed by atoms with Crippen LogP contribution in [0.5, 0.6) is 5.75 Å². The highest BCUT2D eigenvalue weighted by molar-refractivity contribution is 6.10. The number of benzene rings is 3. The van der Waals surface area contributed by atoms with Crippen molar-refractivity contribution < 1.29 is 23.6 Å². The van der Waals surface area contributed by atoms with Crippen molar-refractivity contribution in [1.29, 1.82) is 0 Å². The number of phenolic OH excluding ortho intramolecular Hbond substituents is 1. The second-order valence-corrected chi connectivity index (χ2v) is 12.0. The molecule has 4 N–H and O–H groups in total. The topological polar surface area (TPSA) is 137 Å². The largest absolute Gasteiger partial charge is 0.508 e. The van der Waals surface area contributed by atoms with Crippen molar-refractivity contribution >= 4 is 45.2 Å². The van der Waals surface area contributed by atoms with Crippen LogP contribution in [0, 0.1) is 0 Å². The molecule has 0 atom stereocenters. The lowest BCUT2D eigenvalue weighted by atomic mass is 9.93. The van der Waals surface area contributed by atoms with Gasteiger partial charge in [-0.25, -0.2) is 4.79 Å². The molecular weight excluding hydrogens is 558 g/mol. The number of ketones is 1. The Morgan fingerprint density at radius 2 is 1.75 bits per heavy atom. The molecule has 44 heavy (non-hydrogen) atoms. The smallest absolute Gasteiger partial charge is 0.324 e. The van der Waals surface area contributed by atoms with E-state index in [2.05, 4.69) is 37.8 Å². The van der Waals surface area contributed by atoms with Gasteiger partial charge in [-0.2, -0.15) is 0 Å². The first-order valence-electron chi connectivity index (χ1n) is 14.2. The number of phenols is 1. The van der Waals surface area contributed by atoms with Crippen LogP contribution in [-0.2, 0) is 18.5 Å². The third-order valence-electron chi connectivity index (χ3n) is 7.35. The van der Waals surface area contributed by atoms with E-state index in [0.29, 0.717) is 47.0 Å². The molecule has 0 saturated heterocycles. The van der Waals surface area contributed by atoms with E-state index in [1.165, 1.54) is 5.56 Å². The minimum Gasteiger partial charge on any atom is -0.508 e. The summed E-state index contributed by atoms with van der Waals surface area (Å²) in [6.45, 7) is 7.17.